The quantitative estimate of drug-likeness (QED) is 0.791. The molecular weight excluding hydrogens is 328 g/mol. The van der Waals surface area contributed by atoms with Crippen LogP contribution >= 0.6 is 0 Å². The fourth-order valence-electron chi connectivity index (χ4n) is 2.77. The first kappa shape index (κ1) is 19.5. The van der Waals surface area contributed by atoms with E-state index in [-0.39, 0.29) is 11.8 Å². The van der Waals surface area contributed by atoms with E-state index in [1.54, 1.807) is 12.0 Å². The van der Waals surface area contributed by atoms with E-state index in [0.29, 0.717) is 13.1 Å². The molecule has 5 heteroatoms. The lowest BCUT2D eigenvalue weighted by Crippen LogP contribution is -2.42. The number of amides is 2. The molecule has 0 radical (unpaired) electrons. The highest BCUT2D eigenvalue weighted by molar-refractivity contribution is 5.88. The van der Waals surface area contributed by atoms with Crippen molar-refractivity contribution in [3.05, 3.63) is 65.7 Å². The van der Waals surface area contributed by atoms with E-state index in [1.165, 1.54) is 6.92 Å². The third kappa shape index (κ3) is 5.09. The smallest absolute Gasteiger partial charge is 0.247 e. The van der Waals surface area contributed by atoms with Gasteiger partial charge in [-0.05, 0) is 29.7 Å². The van der Waals surface area contributed by atoms with Crippen LogP contribution in [0.25, 0.3) is 0 Å². The number of nitrogens with zero attached hydrogens (tertiary/aromatic N) is 1. The van der Waals surface area contributed by atoms with E-state index in [1.807, 2.05) is 61.5 Å². The summed E-state index contributed by atoms with van der Waals surface area (Å²) in [4.78, 5) is 26.8. The fourth-order valence-corrected chi connectivity index (χ4v) is 2.77. The van der Waals surface area contributed by atoms with Gasteiger partial charge in [-0.3, -0.25) is 9.59 Å². The van der Waals surface area contributed by atoms with Gasteiger partial charge in [0, 0.05) is 20.0 Å². The summed E-state index contributed by atoms with van der Waals surface area (Å²) >= 11 is 0. The molecule has 1 atom stereocenters. The summed E-state index contributed by atoms with van der Waals surface area (Å²) in [6, 6.07) is 16.2. The van der Waals surface area contributed by atoms with E-state index in [0.717, 1.165) is 23.3 Å². The molecule has 5 nitrogen and oxygen atoms in total. The Balaban J connectivity index is 2.32. The Bertz CT molecular complexity index is 714. The molecule has 2 aromatic carbocycles. The van der Waals surface area contributed by atoms with Gasteiger partial charge in [0.25, 0.3) is 0 Å². The van der Waals surface area contributed by atoms with Crippen LogP contribution in [0.2, 0.25) is 0 Å². The largest absolute Gasteiger partial charge is 0.497 e. The van der Waals surface area contributed by atoms with Crippen LogP contribution in [0.4, 0.5) is 0 Å². The van der Waals surface area contributed by atoms with E-state index in [4.69, 9.17) is 4.74 Å². The number of ether oxygens (including phenoxy) is 1. The Morgan fingerprint density at radius 2 is 1.73 bits per heavy atom. The van der Waals surface area contributed by atoms with Crippen LogP contribution in [0.5, 0.6) is 5.75 Å². The number of carbonyl (C=O) groups is 2. The number of carbonyl (C=O) groups excluding carboxylic acids is 2. The molecule has 0 aliphatic carbocycles. The van der Waals surface area contributed by atoms with Crippen LogP contribution in [0.3, 0.4) is 0 Å². The number of hydrogen-bond donors (Lipinski definition) is 1. The number of rotatable bonds is 8. The molecule has 0 aliphatic heterocycles. The second-order valence-corrected chi connectivity index (χ2v) is 6.10. The number of methoxy groups -OCH3 is 1. The molecule has 2 amide bonds. The van der Waals surface area contributed by atoms with Crippen molar-refractivity contribution in [2.75, 3.05) is 13.7 Å². The topological polar surface area (TPSA) is 58.6 Å². The van der Waals surface area contributed by atoms with Crippen LogP contribution in [0.1, 0.15) is 37.4 Å². The highest BCUT2D eigenvalue weighted by Gasteiger charge is 2.29. The maximum absolute atomic E-state index is 12.8. The monoisotopic (exact) mass is 354 g/mol. The highest BCUT2D eigenvalue weighted by Crippen LogP contribution is 2.24. The lowest BCUT2D eigenvalue weighted by molar-refractivity contribution is -0.140. The van der Waals surface area contributed by atoms with Crippen molar-refractivity contribution in [2.24, 2.45) is 0 Å². The molecule has 0 saturated heterocycles. The molecule has 0 aliphatic rings. The summed E-state index contributed by atoms with van der Waals surface area (Å²) in [6.07, 6.45) is 0.839. The van der Waals surface area contributed by atoms with E-state index >= 15 is 0 Å². The summed E-state index contributed by atoms with van der Waals surface area (Å²) < 4.78 is 5.18. The zero-order valence-electron chi connectivity index (χ0n) is 15.6. The Morgan fingerprint density at radius 3 is 2.27 bits per heavy atom. The first-order valence-electron chi connectivity index (χ1n) is 8.79. The Hall–Kier alpha value is -2.82. The minimum absolute atomic E-state index is 0.152. The lowest BCUT2D eigenvalue weighted by atomic mass is 10.0. The number of hydrogen-bond acceptors (Lipinski definition) is 3. The molecule has 0 fully saturated rings. The number of nitrogens with one attached hydrogen (secondary N) is 1. The molecular formula is C21H26N2O3. The Morgan fingerprint density at radius 1 is 1.08 bits per heavy atom. The second kappa shape index (κ2) is 9.61. The van der Waals surface area contributed by atoms with Gasteiger partial charge < -0.3 is 15.0 Å². The van der Waals surface area contributed by atoms with Gasteiger partial charge in [-0.15, -0.1) is 0 Å². The van der Waals surface area contributed by atoms with E-state index in [9.17, 15) is 9.59 Å². The van der Waals surface area contributed by atoms with Crippen molar-refractivity contribution in [1.29, 1.82) is 0 Å². The summed E-state index contributed by atoms with van der Waals surface area (Å²) in [5, 5.41) is 2.92. The maximum atomic E-state index is 12.8. The highest BCUT2D eigenvalue weighted by atomic mass is 16.5. The SMILES string of the molecule is CCCNC(=O)[C@@H](c1ccccc1)N(Cc1ccc(OC)cc1)C(C)=O. The molecule has 0 bridgehead atoms. The molecule has 26 heavy (non-hydrogen) atoms. The minimum atomic E-state index is -0.664. The van der Waals surface area contributed by atoms with Crippen LogP contribution in [0, 0.1) is 0 Å². The third-order valence-corrected chi connectivity index (χ3v) is 4.14. The van der Waals surface area contributed by atoms with Gasteiger partial charge in [-0.1, -0.05) is 49.4 Å². The van der Waals surface area contributed by atoms with Gasteiger partial charge in [0.2, 0.25) is 11.8 Å². The average molecular weight is 354 g/mol. The zero-order chi connectivity index (χ0) is 18.9. The summed E-state index contributed by atoms with van der Waals surface area (Å²) in [5.74, 6) is 0.437. The summed E-state index contributed by atoms with van der Waals surface area (Å²) in [6.45, 7) is 4.42. The van der Waals surface area contributed by atoms with Crippen molar-refractivity contribution in [1.82, 2.24) is 10.2 Å². The maximum Gasteiger partial charge on any atom is 0.247 e. The number of benzene rings is 2. The van der Waals surface area contributed by atoms with E-state index in [2.05, 4.69) is 5.32 Å². The van der Waals surface area contributed by atoms with Crippen molar-refractivity contribution in [2.45, 2.75) is 32.9 Å². The lowest BCUT2D eigenvalue weighted by Gasteiger charge is -2.30. The molecule has 0 heterocycles. The molecule has 0 spiro atoms. The molecule has 0 saturated carbocycles. The summed E-state index contributed by atoms with van der Waals surface area (Å²) in [7, 11) is 1.61. The van der Waals surface area contributed by atoms with Crippen LogP contribution < -0.4 is 10.1 Å². The third-order valence-electron chi connectivity index (χ3n) is 4.14. The van der Waals surface area contributed by atoms with Crippen molar-refractivity contribution in [3.63, 3.8) is 0 Å². The van der Waals surface area contributed by atoms with Crippen LogP contribution in [0.15, 0.2) is 54.6 Å². The van der Waals surface area contributed by atoms with Crippen LogP contribution in [-0.2, 0) is 16.1 Å². The molecule has 0 unspecified atom stereocenters. The predicted molar refractivity (Wildman–Crippen MR) is 102 cm³/mol. The van der Waals surface area contributed by atoms with Gasteiger partial charge in [-0.2, -0.15) is 0 Å². The fraction of sp³-hybridized carbons (Fsp3) is 0.333. The predicted octanol–water partition coefficient (Wildman–Crippen LogP) is 3.31. The van der Waals surface area contributed by atoms with Crippen molar-refractivity contribution < 1.29 is 14.3 Å². The molecule has 138 valence electrons. The molecule has 1 N–H and O–H groups in total. The minimum Gasteiger partial charge on any atom is -0.497 e. The van der Waals surface area contributed by atoms with Gasteiger partial charge in [0.1, 0.15) is 11.8 Å². The zero-order valence-corrected chi connectivity index (χ0v) is 15.6. The van der Waals surface area contributed by atoms with Gasteiger partial charge in [-0.25, -0.2) is 0 Å². The molecule has 2 rings (SSSR count). The standard InChI is InChI=1S/C21H26N2O3/c1-4-14-22-21(25)20(18-8-6-5-7-9-18)23(16(2)24)15-17-10-12-19(26-3)13-11-17/h5-13,20H,4,14-15H2,1-3H3,(H,22,25)/t20-/m1/s1. The van der Waals surface area contributed by atoms with Gasteiger partial charge in [0.05, 0.1) is 7.11 Å². The first-order chi connectivity index (χ1) is 12.6. The first-order valence-corrected chi connectivity index (χ1v) is 8.79. The van der Waals surface area contributed by atoms with Crippen molar-refractivity contribution >= 4 is 11.8 Å². The molecule has 2 aromatic rings. The molecule has 0 aromatic heterocycles. The normalized spacial score (nSPS) is 11.5. The van der Waals surface area contributed by atoms with Gasteiger partial charge >= 0.3 is 0 Å². The van der Waals surface area contributed by atoms with Crippen molar-refractivity contribution in [3.8, 4) is 5.75 Å². The van der Waals surface area contributed by atoms with Gasteiger partial charge in [0.15, 0.2) is 0 Å². The average Bonchev–Trinajstić information content (AvgIpc) is 2.67. The van der Waals surface area contributed by atoms with Crippen LogP contribution in [-0.4, -0.2) is 30.4 Å². The second-order valence-electron chi connectivity index (χ2n) is 6.10. The Kier molecular flexibility index (Phi) is 7.21. The Labute approximate surface area is 155 Å². The van der Waals surface area contributed by atoms with E-state index < -0.39 is 6.04 Å². The summed E-state index contributed by atoms with van der Waals surface area (Å²) in [5.41, 5.74) is 1.73.